The molecule has 2 aromatic rings. The molecule has 0 aromatic carbocycles. The van der Waals surface area contributed by atoms with Crippen molar-refractivity contribution in [2.75, 3.05) is 13.7 Å². The average Bonchev–Trinajstić information content (AvgIpc) is 3.27. The molecule has 2 saturated heterocycles. The average molecular weight is 585 g/mol. The van der Waals surface area contributed by atoms with Crippen LogP contribution in [0.1, 0.15) is 32.4 Å². The van der Waals surface area contributed by atoms with Crippen LogP contribution in [0.4, 0.5) is 0 Å². The summed E-state index contributed by atoms with van der Waals surface area (Å²) in [4.78, 5) is 27.2. The van der Waals surface area contributed by atoms with Crippen molar-refractivity contribution in [1.82, 2.24) is 20.0 Å². The standard InChI is InChI=1S/C25H37N4O10P/c1-5-14-19(31)18(26-3)21-22(20(14)32)37-24-25(33,38-21)16(9-12(2)36-24)28-17(30)10-13-11-29-8-6-7-15(23(29)27-13)39-40(4,34)35/h6-8,11-12,14,16,18-22,24,26,31-33H,5,9-10H2,1-4H3,(H,28,30)(H,34,35)/t12-,14-,16-,18+,19+,20+,21-,22-,24+,25+/m1/s1. The maximum atomic E-state index is 13.2. The van der Waals surface area contributed by atoms with E-state index in [-0.39, 0.29) is 24.2 Å². The largest absolute Gasteiger partial charge is 0.421 e. The van der Waals surface area contributed by atoms with Gasteiger partial charge in [-0.15, -0.1) is 0 Å². The second kappa shape index (κ2) is 10.9. The lowest BCUT2D eigenvalue weighted by Gasteiger charge is -2.58. The van der Waals surface area contributed by atoms with Crippen molar-refractivity contribution in [2.45, 2.75) is 87.8 Å². The topological polar surface area (TPSA) is 193 Å². The predicted octanol–water partition coefficient (Wildman–Crippen LogP) is -0.487. The Morgan fingerprint density at radius 2 is 2.05 bits per heavy atom. The van der Waals surface area contributed by atoms with Gasteiger partial charge in [0.1, 0.15) is 12.2 Å². The van der Waals surface area contributed by atoms with Crippen LogP contribution in [-0.2, 0) is 30.0 Å². The molecule has 6 N–H and O–H groups in total. The molecule has 40 heavy (non-hydrogen) atoms. The SMILES string of the molecule is CC[C@@H]1[C@H](O)[C@H](NC)[C@H]2O[C@]3(O)[C@H](O[C@@H]2[C@H]1O)O[C@H](C)C[C@H]3NC(=O)Cc1cn2cccc(OP(C)(=O)O)c2n1. The fourth-order valence-corrected chi connectivity index (χ4v) is 6.53. The van der Waals surface area contributed by atoms with Gasteiger partial charge in [0.2, 0.25) is 18.0 Å². The van der Waals surface area contributed by atoms with Crippen LogP contribution in [0.15, 0.2) is 24.5 Å². The van der Waals surface area contributed by atoms with Gasteiger partial charge < -0.3 is 54.0 Å². The maximum Gasteiger partial charge on any atom is 0.373 e. The number of pyridine rings is 1. The Hall–Kier alpha value is -2.13. The molecule has 0 bridgehead atoms. The number of rotatable bonds is 7. The van der Waals surface area contributed by atoms with Gasteiger partial charge in [0.25, 0.3) is 0 Å². The molecule has 1 unspecified atom stereocenters. The summed E-state index contributed by atoms with van der Waals surface area (Å²) in [6.45, 7) is 4.70. The summed E-state index contributed by atoms with van der Waals surface area (Å²) in [7, 11) is -2.18. The van der Waals surface area contributed by atoms with Gasteiger partial charge in [-0.05, 0) is 38.9 Å². The van der Waals surface area contributed by atoms with E-state index in [1.807, 2.05) is 6.92 Å². The number of nitrogens with zero attached hydrogens (tertiary/aromatic N) is 2. The van der Waals surface area contributed by atoms with Crippen molar-refractivity contribution in [3.05, 3.63) is 30.2 Å². The van der Waals surface area contributed by atoms with E-state index in [2.05, 4.69) is 15.6 Å². The molecule has 15 heteroatoms. The quantitative estimate of drug-likeness (QED) is 0.229. The number of carbonyl (C=O) groups excluding carboxylic acids is 1. The van der Waals surface area contributed by atoms with Crippen LogP contribution in [0.3, 0.4) is 0 Å². The zero-order valence-electron chi connectivity index (χ0n) is 22.7. The summed E-state index contributed by atoms with van der Waals surface area (Å²) in [6, 6.07) is 1.54. The van der Waals surface area contributed by atoms with Crippen LogP contribution in [-0.4, -0.2) is 104 Å². The highest BCUT2D eigenvalue weighted by atomic mass is 31.2. The molecule has 0 radical (unpaired) electrons. The molecule has 5 rings (SSSR count). The van der Waals surface area contributed by atoms with E-state index in [9.17, 15) is 29.6 Å². The van der Waals surface area contributed by atoms with E-state index >= 15 is 0 Å². The zero-order valence-corrected chi connectivity index (χ0v) is 23.6. The van der Waals surface area contributed by atoms with Gasteiger partial charge in [-0.1, -0.05) is 6.92 Å². The molecular formula is C25H37N4O10P. The normalized spacial score (nSPS) is 39.1. The number of hydrogen-bond acceptors (Lipinski definition) is 11. The number of hydrogen-bond donors (Lipinski definition) is 6. The van der Waals surface area contributed by atoms with E-state index in [1.54, 1.807) is 36.8 Å². The summed E-state index contributed by atoms with van der Waals surface area (Å²) in [6.07, 6.45) is -1.70. The van der Waals surface area contributed by atoms with Crippen molar-refractivity contribution in [1.29, 1.82) is 0 Å². The molecule has 1 aliphatic carbocycles. The van der Waals surface area contributed by atoms with Gasteiger partial charge in [-0.25, -0.2) is 9.55 Å². The number of aliphatic hydroxyl groups excluding tert-OH is 2. The number of aromatic nitrogens is 2. The molecule has 222 valence electrons. The lowest BCUT2D eigenvalue weighted by Crippen LogP contribution is -2.77. The maximum absolute atomic E-state index is 13.2. The van der Waals surface area contributed by atoms with E-state index < -0.39 is 74.1 Å². The number of nitrogens with one attached hydrogen (secondary N) is 2. The fraction of sp³-hybridized carbons (Fsp3) is 0.680. The van der Waals surface area contributed by atoms with Crippen molar-refractivity contribution in [3.8, 4) is 5.75 Å². The van der Waals surface area contributed by atoms with Crippen LogP contribution >= 0.6 is 7.60 Å². The highest BCUT2D eigenvalue weighted by molar-refractivity contribution is 7.52. The lowest BCUT2D eigenvalue weighted by atomic mass is 9.74. The Bertz CT molecular complexity index is 1290. The number of aliphatic hydroxyl groups is 3. The fourth-order valence-electron chi connectivity index (χ4n) is 6.03. The van der Waals surface area contributed by atoms with Crippen molar-refractivity contribution in [3.63, 3.8) is 0 Å². The molecule has 2 aliphatic heterocycles. The van der Waals surface area contributed by atoms with Crippen LogP contribution in [0.5, 0.6) is 5.75 Å². The van der Waals surface area contributed by atoms with Crippen LogP contribution in [0.2, 0.25) is 0 Å². The second-order valence-corrected chi connectivity index (χ2v) is 12.6. The molecule has 3 fully saturated rings. The molecule has 4 heterocycles. The lowest BCUT2D eigenvalue weighted by molar-refractivity contribution is -0.450. The predicted molar refractivity (Wildman–Crippen MR) is 139 cm³/mol. The van der Waals surface area contributed by atoms with Gasteiger partial charge in [-0.2, -0.15) is 0 Å². The number of imidazole rings is 1. The molecule has 2 aromatic heterocycles. The molecular weight excluding hydrogens is 547 g/mol. The number of carbonyl (C=O) groups is 1. The van der Waals surface area contributed by atoms with E-state index in [1.165, 1.54) is 6.07 Å². The highest BCUT2D eigenvalue weighted by Crippen LogP contribution is 2.44. The Labute approximate surface area is 231 Å². The van der Waals surface area contributed by atoms with Crippen molar-refractivity contribution >= 4 is 19.2 Å². The van der Waals surface area contributed by atoms with E-state index in [0.29, 0.717) is 12.1 Å². The Morgan fingerprint density at radius 1 is 1.30 bits per heavy atom. The molecule has 11 atom stereocenters. The zero-order chi connectivity index (χ0) is 29.0. The summed E-state index contributed by atoms with van der Waals surface area (Å²) in [5.74, 6) is -2.93. The Kier molecular flexibility index (Phi) is 8.03. The third-order valence-corrected chi connectivity index (χ3v) is 8.41. The minimum Gasteiger partial charge on any atom is -0.421 e. The highest BCUT2D eigenvalue weighted by Gasteiger charge is 2.63. The third-order valence-electron chi connectivity index (χ3n) is 7.87. The number of amides is 1. The van der Waals surface area contributed by atoms with Gasteiger partial charge in [0, 0.05) is 25.0 Å². The van der Waals surface area contributed by atoms with Gasteiger partial charge >= 0.3 is 7.60 Å². The first-order valence-electron chi connectivity index (χ1n) is 13.3. The molecule has 1 amide bonds. The summed E-state index contributed by atoms with van der Waals surface area (Å²) in [5.41, 5.74) is 0.633. The number of fused-ring (bicyclic) bond motifs is 3. The summed E-state index contributed by atoms with van der Waals surface area (Å²) >= 11 is 0. The first kappa shape index (κ1) is 29.4. The monoisotopic (exact) mass is 584 g/mol. The first-order chi connectivity index (χ1) is 18.8. The van der Waals surface area contributed by atoms with Gasteiger partial charge in [-0.3, -0.25) is 4.79 Å². The van der Waals surface area contributed by atoms with Crippen LogP contribution in [0, 0.1) is 5.92 Å². The van der Waals surface area contributed by atoms with Crippen LogP contribution in [0.25, 0.3) is 5.65 Å². The minimum atomic E-state index is -3.83. The third kappa shape index (κ3) is 5.40. The first-order valence-corrected chi connectivity index (χ1v) is 15.4. The second-order valence-electron chi connectivity index (χ2n) is 10.8. The van der Waals surface area contributed by atoms with Crippen LogP contribution < -0.4 is 15.2 Å². The van der Waals surface area contributed by atoms with Gasteiger partial charge in [0.15, 0.2) is 11.4 Å². The van der Waals surface area contributed by atoms with Gasteiger partial charge in [0.05, 0.1) is 42.5 Å². The van der Waals surface area contributed by atoms with E-state index in [0.717, 1.165) is 6.66 Å². The molecule has 1 saturated carbocycles. The van der Waals surface area contributed by atoms with Crippen molar-refractivity contribution in [2.24, 2.45) is 5.92 Å². The van der Waals surface area contributed by atoms with Crippen molar-refractivity contribution < 1.29 is 48.3 Å². The van der Waals surface area contributed by atoms with E-state index in [4.69, 9.17) is 18.7 Å². The number of ether oxygens (including phenoxy) is 3. The minimum absolute atomic E-state index is 0.0986. The molecule has 3 aliphatic rings. The smallest absolute Gasteiger partial charge is 0.373 e. The Morgan fingerprint density at radius 3 is 2.73 bits per heavy atom. The number of likely N-dealkylation sites (N-methyl/N-ethyl adjacent to an activating group) is 1. The summed E-state index contributed by atoms with van der Waals surface area (Å²) < 4.78 is 36.6. The molecule has 14 nitrogen and oxygen atoms in total. The Balaban J connectivity index is 1.35. The molecule has 0 spiro atoms. The summed E-state index contributed by atoms with van der Waals surface area (Å²) in [5, 5.41) is 39.4.